The van der Waals surface area contributed by atoms with Crippen LogP contribution in [0.4, 0.5) is 0 Å². The van der Waals surface area contributed by atoms with Crippen molar-refractivity contribution in [3.8, 4) is 0 Å². The Morgan fingerprint density at radius 2 is 1.69 bits per heavy atom. The van der Waals surface area contributed by atoms with E-state index in [2.05, 4.69) is 18.3 Å². The summed E-state index contributed by atoms with van der Waals surface area (Å²) in [4.78, 5) is 27.9. The summed E-state index contributed by atoms with van der Waals surface area (Å²) in [7, 11) is 0. The molecule has 0 bridgehead atoms. The van der Waals surface area contributed by atoms with Gasteiger partial charge in [-0.3, -0.25) is 9.59 Å². The van der Waals surface area contributed by atoms with Gasteiger partial charge in [0, 0.05) is 13.1 Å². The highest BCUT2D eigenvalue weighted by Gasteiger charge is 2.28. The van der Waals surface area contributed by atoms with Gasteiger partial charge in [-0.25, -0.2) is 0 Å². The van der Waals surface area contributed by atoms with Crippen LogP contribution in [-0.2, 0) is 22.6 Å². The molecule has 1 unspecified atom stereocenters. The van der Waals surface area contributed by atoms with E-state index in [0.29, 0.717) is 25.9 Å². The Hall–Kier alpha value is -2.62. The van der Waals surface area contributed by atoms with Crippen LogP contribution < -0.4 is 5.32 Å². The molecule has 1 atom stereocenters. The van der Waals surface area contributed by atoms with E-state index in [-0.39, 0.29) is 11.8 Å². The average Bonchev–Trinajstić information content (AvgIpc) is 2.70. The molecular formula is C25H34N2O2. The molecule has 0 aromatic heterocycles. The molecule has 2 amide bonds. The molecular weight excluding hydrogens is 360 g/mol. The highest BCUT2D eigenvalue weighted by Crippen LogP contribution is 2.16. The third kappa shape index (κ3) is 7.04. The third-order valence-corrected chi connectivity index (χ3v) is 5.13. The first-order valence-electron chi connectivity index (χ1n) is 10.6. The fourth-order valence-electron chi connectivity index (χ4n) is 3.41. The Labute approximate surface area is 175 Å². The zero-order chi connectivity index (χ0) is 21.2. The topological polar surface area (TPSA) is 49.4 Å². The molecule has 0 saturated heterocycles. The van der Waals surface area contributed by atoms with Crippen molar-refractivity contribution in [2.75, 3.05) is 6.54 Å². The fraction of sp³-hybridized carbons (Fsp3) is 0.440. The maximum atomic E-state index is 13.3. The highest BCUT2D eigenvalue weighted by atomic mass is 16.2. The number of benzene rings is 2. The molecule has 0 spiro atoms. The van der Waals surface area contributed by atoms with Crippen LogP contribution in [0.25, 0.3) is 0 Å². The number of carbonyl (C=O) groups excluding carboxylic acids is 2. The fourth-order valence-corrected chi connectivity index (χ4v) is 3.41. The smallest absolute Gasteiger partial charge is 0.242 e. The number of aryl methyl sites for hydroxylation is 2. The monoisotopic (exact) mass is 394 g/mol. The van der Waals surface area contributed by atoms with Gasteiger partial charge in [-0.2, -0.15) is 0 Å². The first kappa shape index (κ1) is 22.7. The number of amides is 2. The highest BCUT2D eigenvalue weighted by molar-refractivity contribution is 5.88. The average molecular weight is 395 g/mol. The molecule has 0 aliphatic heterocycles. The van der Waals surface area contributed by atoms with Gasteiger partial charge in [0.15, 0.2) is 0 Å². The van der Waals surface area contributed by atoms with E-state index in [1.54, 1.807) is 4.90 Å². The van der Waals surface area contributed by atoms with Crippen molar-refractivity contribution >= 4 is 11.8 Å². The molecule has 4 heteroatoms. The van der Waals surface area contributed by atoms with Crippen LogP contribution in [-0.4, -0.2) is 29.3 Å². The van der Waals surface area contributed by atoms with Gasteiger partial charge >= 0.3 is 0 Å². The summed E-state index contributed by atoms with van der Waals surface area (Å²) in [5.74, 6) is -0.0845. The van der Waals surface area contributed by atoms with Crippen molar-refractivity contribution in [3.05, 3.63) is 70.8 Å². The Kier molecular flexibility index (Phi) is 8.91. The Morgan fingerprint density at radius 1 is 0.966 bits per heavy atom. The molecule has 2 rings (SSSR count). The largest absolute Gasteiger partial charge is 0.354 e. The lowest BCUT2D eigenvalue weighted by Crippen LogP contribution is -2.49. The molecule has 29 heavy (non-hydrogen) atoms. The minimum atomic E-state index is -0.467. The standard InChI is InChI=1S/C25H34N2O2/c1-5-7-15-26-25(29)23(6-2)27(18-22-10-8-9-20(4)16-22)24(28)17-21-13-11-19(3)12-14-21/h8-14,16,23H,5-7,15,17-18H2,1-4H3,(H,26,29). The second-order valence-electron chi connectivity index (χ2n) is 7.74. The molecule has 0 fully saturated rings. The van der Waals surface area contributed by atoms with Crippen LogP contribution >= 0.6 is 0 Å². The number of unbranched alkanes of at least 4 members (excludes halogenated alkanes) is 1. The van der Waals surface area contributed by atoms with Crippen LogP contribution in [0.1, 0.15) is 55.4 Å². The van der Waals surface area contributed by atoms with Gasteiger partial charge in [-0.05, 0) is 37.8 Å². The third-order valence-electron chi connectivity index (χ3n) is 5.13. The van der Waals surface area contributed by atoms with Gasteiger partial charge in [-0.1, -0.05) is 79.9 Å². The summed E-state index contributed by atoms with van der Waals surface area (Å²) in [6.45, 7) is 9.22. The van der Waals surface area contributed by atoms with Gasteiger partial charge < -0.3 is 10.2 Å². The zero-order valence-corrected chi connectivity index (χ0v) is 18.2. The molecule has 156 valence electrons. The zero-order valence-electron chi connectivity index (χ0n) is 18.2. The lowest BCUT2D eigenvalue weighted by molar-refractivity contribution is -0.140. The predicted octanol–water partition coefficient (Wildman–Crippen LogP) is 4.57. The van der Waals surface area contributed by atoms with Crippen molar-refractivity contribution in [3.63, 3.8) is 0 Å². The molecule has 2 aromatic rings. The number of carbonyl (C=O) groups is 2. The van der Waals surface area contributed by atoms with E-state index in [9.17, 15) is 9.59 Å². The number of rotatable bonds is 10. The number of hydrogen-bond donors (Lipinski definition) is 1. The lowest BCUT2D eigenvalue weighted by Gasteiger charge is -2.31. The van der Waals surface area contributed by atoms with Crippen molar-refractivity contribution in [2.24, 2.45) is 0 Å². The quantitative estimate of drug-likeness (QED) is 0.600. The van der Waals surface area contributed by atoms with Gasteiger partial charge in [0.2, 0.25) is 11.8 Å². The number of nitrogens with one attached hydrogen (secondary N) is 1. The lowest BCUT2D eigenvalue weighted by atomic mass is 10.0. The SMILES string of the molecule is CCCCNC(=O)C(CC)N(Cc1cccc(C)c1)C(=O)Cc1ccc(C)cc1. The molecule has 0 heterocycles. The van der Waals surface area contributed by atoms with E-state index in [1.807, 2.05) is 63.2 Å². The molecule has 1 N–H and O–H groups in total. The normalized spacial score (nSPS) is 11.7. The summed E-state index contributed by atoms with van der Waals surface area (Å²) in [6, 6.07) is 15.7. The van der Waals surface area contributed by atoms with Gasteiger partial charge in [0.1, 0.15) is 6.04 Å². The summed E-state index contributed by atoms with van der Waals surface area (Å²) in [6.07, 6.45) is 2.85. The predicted molar refractivity (Wildman–Crippen MR) is 119 cm³/mol. The molecule has 0 saturated carbocycles. The van der Waals surface area contributed by atoms with Gasteiger partial charge in [0.05, 0.1) is 6.42 Å². The minimum Gasteiger partial charge on any atom is -0.354 e. The van der Waals surface area contributed by atoms with Crippen LogP contribution in [0, 0.1) is 13.8 Å². The Morgan fingerprint density at radius 3 is 2.31 bits per heavy atom. The van der Waals surface area contributed by atoms with Gasteiger partial charge in [0.25, 0.3) is 0 Å². The van der Waals surface area contributed by atoms with Crippen LogP contribution in [0.3, 0.4) is 0 Å². The molecule has 0 radical (unpaired) electrons. The molecule has 0 aliphatic rings. The maximum Gasteiger partial charge on any atom is 0.242 e. The van der Waals surface area contributed by atoms with E-state index in [0.717, 1.165) is 29.5 Å². The number of nitrogens with zero attached hydrogens (tertiary/aromatic N) is 1. The van der Waals surface area contributed by atoms with E-state index in [1.165, 1.54) is 5.56 Å². The van der Waals surface area contributed by atoms with E-state index >= 15 is 0 Å². The van der Waals surface area contributed by atoms with Gasteiger partial charge in [-0.15, -0.1) is 0 Å². The Balaban J connectivity index is 2.23. The summed E-state index contributed by atoms with van der Waals surface area (Å²) in [5, 5.41) is 3.01. The second kappa shape index (κ2) is 11.4. The first-order valence-corrected chi connectivity index (χ1v) is 10.6. The van der Waals surface area contributed by atoms with Crippen molar-refractivity contribution in [2.45, 2.75) is 66.0 Å². The Bertz CT molecular complexity index is 799. The van der Waals surface area contributed by atoms with Crippen molar-refractivity contribution in [1.29, 1.82) is 0 Å². The molecule has 2 aromatic carbocycles. The van der Waals surface area contributed by atoms with Crippen molar-refractivity contribution < 1.29 is 9.59 Å². The van der Waals surface area contributed by atoms with Crippen LogP contribution in [0.5, 0.6) is 0 Å². The van der Waals surface area contributed by atoms with E-state index < -0.39 is 6.04 Å². The van der Waals surface area contributed by atoms with Crippen LogP contribution in [0.15, 0.2) is 48.5 Å². The summed E-state index contributed by atoms with van der Waals surface area (Å²) in [5.41, 5.74) is 4.33. The van der Waals surface area contributed by atoms with Crippen molar-refractivity contribution in [1.82, 2.24) is 10.2 Å². The van der Waals surface area contributed by atoms with E-state index in [4.69, 9.17) is 0 Å². The molecule has 0 aliphatic carbocycles. The summed E-state index contributed by atoms with van der Waals surface area (Å²) >= 11 is 0. The second-order valence-corrected chi connectivity index (χ2v) is 7.74. The first-order chi connectivity index (χ1) is 13.9. The maximum absolute atomic E-state index is 13.3. The molecule has 4 nitrogen and oxygen atoms in total. The summed E-state index contributed by atoms with van der Waals surface area (Å²) < 4.78 is 0. The minimum absolute atomic E-state index is 0.0205. The number of hydrogen-bond acceptors (Lipinski definition) is 2. The van der Waals surface area contributed by atoms with Crippen LogP contribution in [0.2, 0.25) is 0 Å².